The van der Waals surface area contributed by atoms with Gasteiger partial charge in [-0.3, -0.25) is 14.4 Å². The number of aliphatic hydroxyl groups is 2. The molecule has 3 N–H and O–H groups in total. The average Bonchev–Trinajstić information content (AvgIpc) is 3.27. The van der Waals surface area contributed by atoms with Crippen LogP contribution in [0.4, 0.5) is 0 Å². The number of ketones is 1. The quantitative estimate of drug-likeness (QED) is 0.314. The van der Waals surface area contributed by atoms with Gasteiger partial charge in [0.15, 0.2) is 11.5 Å². The number of ether oxygens (including phenoxy) is 3. The molecule has 2 amide bonds. The molecular weight excluding hydrogens is 484 g/mol. The standard InChI is InChI=1S/C26H34N2O9/c1-15(31)5-4-6-21(32)28(8-10-35-2)19-13-18(26(34)27-7-9-29)22-17-11-16(14-30)12-20(36-3)24(17)37-25(22)23(19)33/h11-14,19,22-23,25,29,33H,4-10H2,1-3H3,(H,27,34)/t19-,22+,23+,25+/m1/s1. The van der Waals surface area contributed by atoms with Crippen molar-refractivity contribution in [1.82, 2.24) is 10.2 Å². The van der Waals surface area contributed by atoms with Crippen molar-refractivity contribution in [2.75, 3.05) is 40.5 Å². The first-order valence-corrected chi connectivity index (χ1v) is 12.2. The van der Waals surface area contributed by atoms with E-state index < -0.39 is 30.1 Å². The number of amides is 2. The van der Waals surface area contributed by atoms with Crippen molar-refractivity contribution >= 4 is 23.9 Å². The summed E-state index contributed by atoms with van der Waals surface area (Å²) in [5.41, 5.74) is 1.05. The fourth-order valence-corrected chi connectivity index (χ4v) is 4.82. The zero-order chi connectivity index (χ0) is 27.1. The summed E-state index contributed by atoms with van der Waals surface area (Å²) < 4.78 is 16.7. The first kappa shape index (κ1) is 28.3. The molecule has 1 aliphatic carbocycles. The van der Waals surface area contributed by atoms with Gasteiger partial charge in [0.2, 0.25) is 11.8 Å². The van der Waals surface area contributed by atoms with E-state index in [0.717, 1.165) is 0 Å². The topological polar surface area (TPSA) is 152 Å². The van der Waals surface area contributed by atoms with Crippen LogP contribution in [-0.4, -0.2) is 97.8 Å². The molecule has 0 unspecified atom stereocenters. The molecule has 37 heavy (non-hydrogen) atoms. The number of methoxy groups -OCH3 is 2. The van der Waals surface area contributed by atoms with E-state index in [0.29, 0.717) is 29.6 Å². The highest BCUT2D eigenvalue weighted by Crippen LogP contribution is 2.51. The van der Waals surface area contributed by atoms with Crippen molar-refractivity contribution in [2.45, 2.75) is 50.4 Å². The second-order valence-corrected chi connectivity index (χ2v) is 9.04. The normalized spacial score (nSPS) is 21.7. The van der Waals surface area contributed by atoms with Crippen LogP contribution in [0.3, 0.4) is 0 Å². The summed E-state index contributed by atoms with van der Waals surface area (Å²) in [7, 11) is 2.91. The third-order valence-electron chi connectivity index (χ3n) is 6.55. The van der Waals surface area contributed by atoms with Crippen molar-refractivity contribution in [3.63, 3.8) is 0 Å². The van der Waals surface area contributed by atoms with Crippen molar-refractivity contribution in [2.24, 2.45) is 0 Å². The Hall–Kier alpha value is -3.28. The smallest absolute Gasteiger partial charge is 0.247 e. The number of aldehydes is 1. The van der Waals surface area contributed by atoms with E-state index in [4.69, 9.17) is 14.2 Å². The maximum absolute atomic E-state index is 13.2. The lowest BCUT2D eigenvalue weighted by Crippen LogP contribution is -2.56. The van der Waals surface area contributed by atoms with E-state index >= 15 is 0 Å². The van der Waals surface area contributed by atoms with Gasteiger partial charge in [-0.1, -0.05) is 0 Å². The van der Waals surface area contributed by atoms with Crippen molar-refractivity contribution < 1.29 is 43.6 Å². The number of carbonyl (C=O) groups excluding carboxylic acids is 4. The summed E-state index contributed by atoms with van der Waals surface area (Å²) in [5.74, 6) is -0.984. The van der Waals surface area contributed by atoms with Crippen LogP contribution in [0.25, 0.3) is 0 Å². The van der Waals surface area contributed by atoms with Gasteiger partial charge in [0, 0.05) is 49.7 Å². The molecule has 3 rings (SSSR count). The van der Waals surface area contributed by atoms with Crippen LogP contribution in [0.2, 0.25) is 0 Å². The van der Waals surface area contributed by atoms with E-state index in [9.17, 15) is 29.4 Å². The Balaban J connectivity index is 2.05. The molecule has 202 valence electrons. The summed E-state index contributed by atoms with van der Waals surface area (Å²) in [5, 5.41) is 23.3. The van der Waals surface area contributed by atoms with Gasteiger partial charge in [-0.15, -0.1) is 0 Å². The predicted molar refractivity (Wildman–Crippen MR) is 132 cm³/mol. The van der Waals surface area contributed by atoms with Crippen molar-refractivity contribution in [3.05, 3.63) is 34.9 Å². The van der Waals surface area contributed by atoms with Crippen molar-refractivity contribution in [1.29, 1.82) is 0 Å². The van der Waals surface area contributed by atoms with Gasteiger partial charge in [-0.2, -0.15) is 0 Å². The number of benzene rings is 1. The van der Waals surface area contributed by atoms with Crippen LogP contribution in [0.15, 0.2) is 23.8 Å². The predicted octanol–water partition coefficient (Wildman–Crippen LogP) is 0.365. The number of carbonyl (C=O) groups is 4. The van der Waals surface area contributed by atoms with E-state index in [-0.39, 0.29) is 62.2 Å². The van der Waals surface area contributed by atoms with Crippen LogP contribution in [0.1, 0.15) is 48.0 Å². The number of hydrogen-bond acceptors (Lipinski definition) is 9. The number of nitrogens with zero attached hydrogens (tertiary/aromatic N) is 1. The first-order chi connectivity index (χ1) is 17.8. The molecule has 0 bridgehead atoms. The lowest BCUT2D eigenvalue weighted by atomic mass is 9.77. The third kappa shape index (κ3) is 6.17. The lowest BCUT2D eigenvalue weighted by molar-refractivity contribution is -0.138. The highest BCUT2D eigenvalue weighted by molar-refractivity contribution is 5.96. The van der Waals surface area contributed by atoms with Gasteiger partial charge in [0.25, 0.3) is 0 Å². The molecule has 1 heterocycles. The maximum Gasteiger partial charge on any atom is 0.247 e. The molecule has 1 aliphatic heterocycles. The molecule has 0 aromatic heterocycles. The molecule has 0 saturated heterocycles. The van der Waals surface area contributed by atoms with E-state index in [1.54, 1.807) is 6.07 Å². The minimum atomic E-state index is -1.23. The monoisotopic (exact) mass is 518 g/mol. The number of hydrogen-bond donors (Lipinski definition) is 3. The molecule has 4 atom stereocenters. The minimum absolute atomic E-state index is 0.00353. The minimum Gasteiger partial charge on any atom is -0.493 e. The Bertz CT molecular complexity index is 1050. The molecule has 0 fully saturated rings. The highest BCUT2D eigenvalue weighted by Gasteiger charge is 2.51. The van der Waals surface area contributed by atoms with Crippen LogP contribution < -0.4 is 14.8 Å². The van der Waals surface area contributed by atoms with Crippen LogP contribution >= 0.6 is 0 Å². The molecule has 11 heteroatoms. The van der Waals surface area contributed by atoms with Crippen LogP contribution in [0.5, 0.6) is 11.5 Å². The van der Waals surface area contributed by atoms with Gasteiger partial charge in [0.05, 0.1) is 32.3 Å². The van der Waals surface area contributed by atoms with Gasteiger partial charge in [-0.25, -0.2) is 0 Å². The molecule has 2 aliphatic rings. The summed E-state index contributed by atoms with van der Waals surface area (Å²) in [6, 6.07) is 2.17. The first-order valence-electron chi connectivity index (χ1n) is 12.2. The Morgan fingerprint density at radius 1 is 1.22 bits per heavy atom. The van der Waals surface area contributed by atoms with Crippen molar-refractivity contribution in [3.8, 4) is 11.5 Å². The van der Waals surface area contributed by atoms with Crippen LogP contribution in [0, 0.1) is 0 Å². The molecule has 0 saturated carbocycles. The van der Waals surface area contributed by atoms with Gasteiger partial charge in [0.1, 0.15) is 24.3 Å². The third-order valence-corrected chi connectivity index (χ3v) is 6.55. The summed E-state index contributed by atoms with van der Waals surface area (Å²) >= 11 is 0. The second-order valence-electron chi connectivity index (χ2n) is 9.04. The van der Waals surface area contributed by atoms with Gasteiger partial charge >= 0.3 is 0 Å². The fraction of sp³-hybridized carbons (Fsp3) is 0.538. The zero-order valence-corrected chi connectivity index (χ0v) is 21.3. The molecule has 11 nitrogen and oxygen atoms in total. The summed E-state index contributed by atoms with van der Waals surface area (Å²) in [6.07, 6.45) is 0.695. The number of rotatable bonds is 13. The number of aliphatic hydroxyl groups excluding tert-OH is 2. The van der Waals surface area contributed by atoms with E-state index in [2.05, 4.69) is 5.32 Å². The summed E-state index contributed by atoms with van der Waals surface area (Å²) in [6.45, 7) is 1.51. The second kappa shape index (κ2) is 12.8. The van der Waals surface area contributed by atoms with Crippen LogP contribution in [-0.2, 0) is 19.1 Å². The Kier molecular flexibility index (Phi) is 9.79. The molecule has 1 aromatic rings. The highest BCUT2D eigenvalue weighted by atomic mass is 16.5. The van der Waals surface area contributed by atoms with E-state index in [1.165, 1.54) is 38.2 Å². The molecular formula is C26H34N2O9. The molecule has 0 spiro atoms. The maximum atomic E-state index is 13.2. The zero-order valence-electron chi connectivity index (χ0n) is 21.3. The molecule has 0 radical (unpaired) electrons. The Labute approximate surface area is 215 Å². The fourth-order valence-electron chi connectivity index (χ4n) is 4.82. The van der Waals surface area contributed by atoms with E-state index in [1.807, 2.05) is 0 Å². The SMILES string of the molecule is COCCN(C(=O)CCCC(C)=O)[C@@H]1C=C(C(=O)NCCO)[C@@H]2c3cc(C=O)cc(OC)c3O[C@@H]2[C@H]1O. The number of Topliss-reactive ketones (excluding diaryl/α,β-unsaturated/α-hetero) is 1. The largest absolute Gasteiger partial charge is 0.493 e. The van der Waals surface area contributed by atoms with Gasteiger partial charge in [-0.05, 0) is 31.6 Å². The Morgan fingerprint density at radius 2 is 1.97 bits per heavy atom. The number of nitrogens with one attached hydrogen (secondary N) is 1. The average molecular weight is 519 g/mol. The number of fused-ring (bicyclic) bond motifs is 3. The van der Waals surface area contributed by atoms with Gasteiger partial charge < -0.3 is 39.4 Å². The molecule has 1 aromatic carbocycles. The Morgan fingerprint density at radius 3 is 2.59 bits per heavy atom. The lowest BCUT2D eigenvalue weighted by Gasteiger charge is -2.40. The summed E-state index contributed by atoms with van der Waals surface area (Å²) in [4.78, 5) is 50.8.